The minimum atomic E-state index is -2.19. The van der Waals surface area contributed by atoms with Gasteiger partial charge < -0.3 is 35.0 Å². The molecule has 0 aromatic carbocycles. The fraction of sp³-hybridized carbons (Fsp3) is 0.744. The molecule has 1 aliphatic heterocycles. The number of aliphatic hydroxyl groups excluding tert-OH is 3. The Morgan fingerprint density at radius 3 is 2.12 bits per heavy atom. The zero-order valence-electron chi connectivity index (χ0n) is 32.6. The van der Waals surface area contributed by atoms with E-state index in [9.17, 15) is 24.9 Å². The van der Waals surface area contributed by atoms with Crippen molar-refractivity contribution in [2.75, 3.05) is 0 Å². The first-order chi connectivity index (χ1) is 22.4. The summed E-state index contributed by atoms with van der Waals surface area (Å²) >= 11 is 0. The number of cyclic esters (lactones) is 1. The maximum atomic E-state index is 12.2. The van der Waals surface area contributed by atoms with Gasteiger partial charge in [0.15, 0.2) is 8.32 Å². The maximum absolute atomic E-state index is 12.2. The van der Waals surface area contributed by atoms with Gasteiger partial charge in [0.2, 0.25) is 0 Å². The molecule has 9 nitrogen and oxygen atoms in total. The van der Waals surface area contributed by atoms with Gasteiger partial charge in [0.05, 0.1) is 30.3 Å². The predicted octanol–water partition coefficient (Wildman–Crippen LogP) is 7.33. The lowest BCUT2D eigenvalue weighted by atomic mass is 9.81. The van der Waals surface area contributed by atoms with Crippen LogP contribution in [-0.4, -0.2) is 72.3 Å². The third-order valence-corrected chi connectivity index (χ3v) is 15.3. The molecule has 49 heavy (non-hydrogen) atoms. The van der Waals surface area contributed by atoms with Crippen molar-refractivity contribution in [3.8, 4) is 0 Å². The van der Waals surface area contributed by atoms with Gasteiger partial charge in [-0.05, 0) is 56.2 Å². The summed E-state index contributed by atoms with van der Waals surface area (Å²) in [5.41, 5.74) is 6.49. The van der Waals surface area contributed by atoms with E-state index in [1.54, 1.807) is 25.2 Å². The van der Waals surface area contributed by atoms with Crippen LogP contribution in [0.2, 0.25) is 18.1 Å². The average Bonchev–Trinajstić information content (AvgIpc) is 2.99. The highest BCUT2D eigenvalue weighted by Crippen LogP contribution is 2.40. The highest BCUT2D eigenvalue weighted by Gasteiger charge is 2.42. The molecule has 1 aliphatic rings. The van der Waals surface area contributed by atoms with Crippen LogP contribution in [0.1, 0.15) is 89.0 Å². The summed E-state index contributed by atoms with van der Waals surface area (Å²) in [5, 5.41) is 32.7. The Labute approximate surface area is 298 Å². The number of hydrogen-bond donors (Lipinski definition) is 4. The van der Waals surface area contributed by atoms with E-state index in [1.165, 1.54) is 0 Å². The van der Waals surface area contributed by atoms with Crippen molar-refractivity contribution < 1.29 is 38.8 Å². The number of esters is 1. The first-order valence-electron chi connectivity index (χ1n) is 18.0. The molecule has 0 radical (unpaired) electrons. The third kappa shape index (κ3) is 13.4. The van der Waals surface area contributed by atoms with Crippen molar-refractivity contribution in [3.63, 3.8) is 0 Å². The molecule has 1 fully saturated rings. The number of amides is 1. The Balaban J connectivity index is 3.18. The number of carbonyl (C=O) groups excluding carboxylic acids is 2. The Morgan fingerprint density at radius 2 is 1.59 bits per heavy atom. The lowest BCUT2D eigenvalue weighted by Crippen LogP contribution is -2.47. The van der Waals surface area contributed by atoms with E-state index in [1.807, 2.05) is 39.8 Å². The van der Waals surface area contributed by atoms with Crippen LogP contribution >= 0.6 is 0 Å². The summed E-state index contributed by atoms with van der Waals surface area (Å²) in [5.74, 6) is -2.01. The Hall–Kier alpha value is -2.24. The average molecular weight is 708 g/mol. The van der Waals surface area contributed by atoms with Crippen LogP contribution in [0.3, 0.4) is 0 Å². The van der Waals surface area contributed by atoms with Gasteiger partial charge in [0, 0.05) is 24.2 Å². The van der Waals surface area contributed by atoms with Crippen LogP contribution in [0.5, 0.6) is 0 Å². The number of carbonyl (C=O) groups is 2. The van der Waals surface area contributed by atoms with Crippen LogP contribution in [-0.2, 0) is 18.7 Å². The Kier molecular flexibility index (Phi) is 17.7. The molecule has 1 saturated heterocycles. The quantitative estimate of drug-likeness (QED) is 0.0501. The van der Waals surface area contributed by atoms with Crippen molar-refractivity contribution in [2.24, 2.45) is 47.2 Å². The molecule has 1 unspecified atom stereocenters. The van der Waals surface area contributed by atoms with E-state index in [2.05, 4.69) is 67.3 Å². The summed E-state index contributed by atoms with van der Waals surface area (Å²) in [4.78, 5) is 23.9. The van der Waals surface area contributed by atoms with E-state index in [-0.39, 0.29) is 53.1 Å². The van der Waals surface area contributed by atoms with Gasteiger partial charge in [0.25, 0.3) is 0 Å². The van der Waals surface area contributed by atoms with Crippen LogP contribution < -0.4 is 5.73 Å². The minimum absolute atomic E-state index is 0.0120. The molecular weight excluding hydrogens is 639 g/mol. The van der Waals surface area contributed by atoms with Gasteiger partial charge in [-0.2, -0.15) is 0 Å². The van der Waals surface area contributed by atoms with Crippen LogP contribution in [0.25, 0.3) is 0 Å². The zero-order chi connectivity index (χ0) is 38.0. The lowest BCUT2D eigenvalue weighted by Gasteiger charge is -2.42. The van der Waals surface area contributed by atoms with E-state index < -0.39 is 56.8 Å². The van der Waals surface area contributed by atoms with Crippen molar-refractivity contribution in [3.05, 3.63) is 48.6 Å². The number of nitrogens with two attached hydrogens (primary N) is 1. The minimum Gasteiger partial charge on any atom is -0.462 e. The molecular formula is C39H69NO8Si. The summed E-state index contributed by atoms with van der Waals surface area (Å²) < 4.78 is 18.0. The molecule has 0 aliphatic carbocycles. The molecule has 1 amide bonds. The van der Waals surface area contributed by atoms with Gasteiger partial charge in [0.1, 0.15) is 12.2 Å². The Bertz CT molecular complexity index is 1160. The van der Waals surface area contributed by atoms with Crippen LogP contribution in [0.4, 0.5) is 4.79 Å². The monoisotopic (exact) mass is 707 g/mol. The molecule has 0 bridgehead atoms. The van der Waals surface area contributed by atoms with Gasteiger partial charge in [-0.15, -0.1) is 0 Å². The molecule has 0 saturated carbocycles. The first kappa shape index (κ1) is 44.8. The maximum Gasteiger partial charge on any atom is 0.404 e. The van der Waals surface area contributed by atoms with Gasteiger partial charge in [-0.1, -0.05) is 111 Å². The van der Waals surface area contributed by atoms with Gasteiger partial charge in [-0.25, -0.2) is 4.79 Å². The number of primary amides is 1. The third-order valence-electron chi connectivity index (χ3n) is 10.8. The standard InChI is InChI=1S/C39H69NO8Si/c1-15-16-17-24(3)36(47-38(40)45)29(8)33(42)26(5)20-23(2)21-27(6)35(48-49(13,14)39(10,11)12)25(4)18-19-31(41)22-32-28(7)34(43)30(9)37(44)46-32/h15-19,21,24-36,41-43H,1,20,22H2,2-14H3,(H2,40,45)/t24-,25-,26-,27-,28?,29-,30+,31+,32-,33+,34-,35-,36-/m0/s1. The second kappa shape index (κ2) is 19.4. The zero-order valence-corrected chi connectivity index (χ0v) is 33.6. The number of hydrogen-bond acceptors (Lipinski definition) is 8. The second-order valence-corrected chi connectivity index (χ2v) is 21.0. The molecule has 282 valence electrons. The summed E-state index contributed by atoms with van der Waals surface area (Å²) in [6, 6.07) is 0. The van der Waals surface area contributed by atoms with E-state index in [4.69, 9.17) is 19.6 Å². The highest BCUT2D eigenvalue weighted by molar-refractivity contribution is 6.74. The molecule has 10 heteroatoms. The fourth-order valence-electron chi connectivity index (χ4n) is 6.53. The van der Waals surface area contributed by atoms with Gasteiger partial charge >= 0.3 is 12.1 Å². The highest BCUT2D eigenvalue weighted by atomic mass is 28.4. The van der Waals surface area contributed by atoms with Crippen LogP contribution in [0, 0.1) is 41.4 Å². The predicted molar refractivity (Wildman–Crippen MR) is 200 cm³/mol. The van der Waals surface area contributed by atoms with Crippen molar-refractivity contribution in [2.45, 2.75) is 144 Å². The number of rotatable bonds is 18. The van der Waals surface area contributed by atoms with Gasteiger partial charge in [-0.3, -0.25) is 4.79 Å². The van der Waals surface area contributed by atoms with Crippen molar-refractivity contribution in [1.29, 1.82) is 0 Å². The largest absolute Gasteiger partial charge is 0.462 e. The summed E-state index contributed by atoms with van der Waals surface area (Å²) in [6.45, 7) is 30.4. The van der Waals surface area contributed by atoms with E-state index in [0.29, 0.717) is 6.42 Å². The molecule has 1 heterocycles. The first-order valence-corrected chi connectivity index (χ1v) is 20.9. The number of aliphatic hydroxyl groups is 3. The normalized spacial score (nSPS) is 26.7. The van der Waals surface area contributed by atoms with E-state index >= 15 is 0 Å². The van der Waals surface area contributed by atoms with Crippen LogP contribution in [0.15, 0.2) is 48.6 Å². The smallest absolute Gasteiger partial charge is 0.404 e. The molecule has 0 aromatic rings. The fourth-order valence-corrected chi connectivity index (χ4v) is 7.99. The number of allylic oxidation sites excluding steroid dienone is 3. The molecule has 1 rings (SSSR count). The van der Waals surface area contributed by atoms with Crippen molar-refractivity contribution >= 4 is 20.4 Å². The molecule has 0 aromatic heterocycles. The summed E-state index contributed by atoms with van der Waals surface area (Å²) in [7, 11) is -2.19. The summed E-state index contributed by atoms with van der Waals surface area (Å²) in [6.07, 6.45) is 7.47. The molecule has 13 atom stereocenters. The van der Waals surface area contributed by atoms with Crippen molar-refractivity contribution in [1.82, 2.24) is 0 Å². The SMILES string of the molecule is C=CC=C[C@H](C)[C@H](OC(N)=O)[C@@H](C)[C@H](O)[C@@H](C)CC(C)=C[C@H](C)[C@@H](O[Si](C)(C)C(C)(C)C)[C@@H](C)C=C[C@@H](O)C[C@@H]1OC(=O)[C@H](C)[C@@H](O)C1C. The number of ether oxygens (including phenoxy) is 2. The lowest BCUT2D eigenvalue weighted by molar-refractivity contribution is -0.179. The molecule has 5 N–H and O–H groups in total. The van der Waals surface area contributed by atoms with E-state index in [0.717, 1.165) is 5.57 Å². The Morgan fingerprint density at radius 1 is 1.02 bits per heavy atom. The topological polar surface area (TPSA) is 149 Å². The second-order valence-electron chi connectivity index (χ2n) is 16.3. The molecule has 0 spiro atoms.